The van der Waals surface area contributed by atoms with Gasteiger partial charge in [0.1, 0.15) is 0 Å². The molecule has 0 aromatic carbocycles. The molecular formula is C9H11N3OS. The van der Waals surface area contributed by atoms with E-state index in [2.05, 4.69) is 34.6 Å². The molecule has 0 saturated carbocycles. The summed E-state index contributed by atoms with van der Waals surface area (Å²) in [5.74, 6) is 0.579. The third kappa shape index (κ3) is 2.11. The lowest BCUT2D eigenvalue weighted by Crippen LogP contribution is -1.97. The van der Waals surface area contributed by atoms with Crippen molar-refractivity contribution in [1.29, 1.82) is 0 Å². The Hall–Kier alpha value is -1.36. The Kier molecular flexibility index (Phi) is 2.49. The van der Waals surface area contributed by atoms with Gasteiger partial charge in [0, 0.05) is 16.7 Å². The fourth-order valence-electron chi connectivity index (χ4n) is 1.11. The molecule has 14 heavy (non-hydrogen) atoms. The number of nitrogens with zero attached hydrogens (tertiary/aromatic N) is 2. The molecule has 1 N–H and O–H groups in total. The molecule has 0 atom stereocenters. The summed E-state index contributed by atoms with van der Waals surface area (Å²) in [6, 6.07) is 4.67. The van der Waals surface area contributed by atoms with E-state index in [1.165, 1.54) is 9.75 Å². The first kappa shape index (κ1) is 9.21. The lowest BCUT2D eigenvalue weighted by Gasteiger charge is -1.96. The number of hydrogen-bond acceptors (Lipinski definition) is 5. The second kappa shape index (κ2) is 3.79. The summed E-state index contributed by atoms with van der Waals surface area (Å²) in [7, 11) is 0. The zero-order valence-electron chi connectivity index (χ0n) is 8.07. The predicted molar refractivity (Wildman–Crippen MR) is 55.4 cm³/mol. The summed E-state index contributed by atoms with van der Waals surface area (Å²) in [4.78, 5) is 2.57. The van der Waals surface area contributed by atoms with Crippen LogP contribution in [0.3, 0.4) is 0 Å². The highest BCUT2D eigenvalue weighted by Crippen LogP contribution is 2.16. The van der Waals surface area contributed by atoms with Crippen LogP contribution in [0.25, 0.3) is 0 Å². The topological polar surface area (TPSA) is 51.0 Å². The molecule has 0 aliphatic carbocycles. The highest BCUT2D eigenvalue weighted by molar-refractivity contribution is 7.11. The first-order chi connectivity index (χ1) is 6.74. The van der Waals surface area contributed by atoms with Crippen LogP contribution in [0.1, 0.15) is 15.6 Å². The number of aryl methyl sites for hydroxylation is 2. The summed E-state index contributed by atoms with van der Waals surface area (Å²) < 4.78 is 5.18. The summed E-state index contributed by atoms with van der Waals surface area (Å²) in [6.45, 7) is 4.60. The Morgan fingerprint density at radius 2 is 2.21 bits per heavy atom. The van der Waals surface area contributed by atoms with E-state index in [1.807, 2.05) is 0 Å². The minimum absolute atomic E-state index is 0.480. The summed E-state index contributed by atoms with van der Waals surface area (Å²) in [5, 5.41) is 10.6. The van der Waals surface area contributed by atoms with Crippen LogP contribution in [-0.4, -0.2) is 10.2 Å². The van der Waals surface area contributed by atoms with Gasteiger partial charge in [0.15, 0.2) is 0 Å². The Labute approximate surface area is 86.0 Å². The van der Waals surface area contributed by atoms with Gasteiger partial charge >= 0.3 is 6.01 Å². The van der Waals surface area contributed by atoms with Gasteiger partial charge < -0.3 is 9.73 Å². The van der Waals surface area contributed by atoms with Crippen molar-refractivity contribution < 1.29 is 4.42 Å². The van der Waals surface area contributed by atoms with Gasteiger partial charge in [-0.3, -0.25) is 0 Å². The molecule has 0 bridgehead atoms. The Morgan fingerprint density at radius 3 is 2.79 bits per heavy atom. The van der Waals surface area contributed by atoms with Gasteiger partial charge in [0.2, 0.25) is 5.89 Å². The molecule has 0 spiro atoms. The fourth-order valence-corrected chi connectivity index (χ4v) is 1.94. The average Bonchev–Trinajstić information content (AvgIpc) is 2.72. The first-order valence-corrected chi connectivity index (χ1v) is 5.15. The van der Waals surface area contributed by atoms with Crippen LogP contribution in [0.2, 0.25) is 0 Å². The highest BCUT2D eigenvalue weighted by Gasteiger charge is 2.01. The minimum Gasteiger partial charge on any atom is -0.408 e. The van der Waals surface area contributed by atoms with Crippen molar-refractivity contribution in [3.8, 4) is 0 Å². The highest BCUT2D eigenvalue weighted by atomic mass is 32.1. The molecule has 4 nitrogen and oxygen atoms in total. The van der Waals surface area contributed by atoms with Crippen LogP contribution >= 0.6 is 11.3 Å². The van der Waals surface area contributed by atoms with Crippen molar-refractivity contribution in [3.05, 3.63) is 27.8 Å². The van der Waals surface area contributed by atoms with Crippen LogP contribution in [0.4, 0.5) is 6.01 Å². The maximum Gasteiger partial charge on any atom is 0.315 e. The molecule has 0 amide bonds. The molecule has 5 heteroatoms. The zero-order chi connectivity index (χ0) is 9.97. The maximum absolute atomic E-state index is 5.18. The third-order valence-corrected chi connectivity index (χ3v) is 2.74. The zero-order valence-corrected chi connectivity index (χ0v) is 8.89. The van der Waals surface area contributed by atoms with E-state index in [0.717, 1.165) is 6.54 Å². The molecule has 2 aromatic heterocycles. The van der Waals surface area contributed by atoms with Crippen molar-refractivity contribution in [2.45, 2.75) is 20.4 Å². The van der Waals surface area contributed by atoms with Gasteiger partial charge in [-0.1, -0.05) is 5.10 Å². The van der Waals surface area contributed by atoms with Crippen LogP contribution in [0.15, 0.2) is 16.5 Å². The van der Waals surface area contributed by atoms with Gasteiger partial charge in [-0.15, -0.1) is 16.4 Å². The molecule has 0 saturated heterocycles. The number of aromatic nitrogens is 2. The number of thiophene rings is 1. The maximum atomic E-state index is 5.18. The SMILES string of the molecule is Cc1nnc(NCc2ccc(C)s2)o1. The lowest BCUT2D eigenvalue weighted by atomic mass is 10.4. The van der Waals surface area contributed by atoms with E-state index in [1.54, 1.807) is 18.3 Å². The van der Waals surface area contributed by atoms with Crippen molar-refractivity contribution in [2.75, 3.05) is 5.32 Å². The van der Waals surface area contributed by atoms with Crippen LogP contribution in [0, 0.1) is 13.8 Å². The van der Waals surface area contributed by atoms with E-state index < -0.39 is 0 Å². The largest absolute Gasteiger partial charge is 0.408 e. The summed E-state index contributed by atoms with van der Waals surface area (Å²) >= 11 is 1.76. The molecule has 2 aromatic rings. The van der Waals surface area contributed by atoms with E-state index in [9.17, 15) is 0 Å². The first-order valence-electron chi connectivity index (χ1n) is 4.33. The standard InChI is InChI=1S/C9H11N3OS/c1-6-3-4-8(14-6)5-10-9-12-11-7(2)13-9/h3-4H,5H2,1-2H3,(H,10,12). The summed E-state index contributed by atoms with van der Waals surface area (Å²) in [6.07, 6.45) is 0. The molecule has 0 aliphatic heterocycles. The van der Waals surface area contributed by atoms with Gasteiger partial charge in [-0.05, 0) is 19.1 Å². The molecule has 2 rings (SSSR count). The van der Waals surface area contributed by atoms with E-state index in [0.29, 0.717) is 11.9 Å². The van der Waals surface area contributed by atoms with Gasteiger partial charge in [0.25, 0.3) is 0 Å². The number of hydrogen-bond donors (Lipinski definition) is 1. The molecule has 0 fully saturated rings. The smallest absolute Gasteiger partial charge is 0.315 e. The van der Waals surface area contributed by atoms with Crippen molar-refractivity contribution in [2.24, 2.45) is 0 Å². The number of rotatable bonds is 3. The van der Waals surface area contributed by atoms with Crippen molar-refractivity contribution in [1.82, 2.24) is 10.2 Å². The monoisotopic (exact) mass is 209 g/mol. The van der Waals surface area contributed by atoms with E-state index in [4.69, 9.17) is 4.42 Å². The van der Waals surface area contributed by atoms with Gasteiger partial charge in [0.05, 0.1) is 6.54 Å². The molecular weight excluding hydrogens is 198 g/mol. The van der Waals surface area contributed by atoms with Gasteiger partial charge in [-0.25, -0.2) is 0 Å². The number of nitrogens with one attached hydrogen (secondary N) is 1. The van der Waals surface area contributed by atoms with Crippen molar-refractivity contribution in [3.63, 3.8) is 0 Å². The molecule has 0 aliphatic rings. The van der Waals surface area contributed by atoms with E-state index in [-0.39, 0.29) is 0 Å². The van der Waals surface area contributed by atoms with Crippen LogP contribution in [-0.2, 0) is 6.54 Å². The minimum atomic E-state index is 0.480. The average molecular weight is 209 g/mol. The normalized spacial score (nSPS) is 10.4. The third-order valence-electron chi connectivity index (χ3n) is 1.74. The van der Waals surface area contributed by atoms with Crippen molar-refractivity contribution >= 4 is 17.4 Å². The second-order valence-electron chi connectivity index (χ2n) is 2.99. The lowest BCUT2D eigenvalue weighted by molar-refractivity contribution is 0.531. The molecule has 2 heterocycles. The summed E-state index contributed by atoms with van der Waals surface area (Å²) in [5.41, 5.74) is 0. The van der Waals surface area contributed by atoms with E-state index >= 15 is 0 Å². The predicted octanol–water partition coefficient (Wildman–Crippen LogP) is 2.36. The van der Waals surface area contributed by atoms with Crippen LogP contribution in [0.5, 0.6) is 0 Å². The fraction of sp³-hybridized carbons (Fsp3) is 0.333. The molecule has 0 radical (unpaired) electrons. The molecule has 0 unspecified atom stereocenters. The van der Waals surface area contributed by atoms with Gasteiger partial charge in [-0.2, -0.15) is 0 Å². The Bertz CT molecular complexity index is 381. The van der Waals surface area contributed by atoms with Crippen LogP contribution < -0.4 is 5.32 Å². The quantitative estimate of drug-likeness (QED) is 0.843. The second-order valence-corrected chi connectivity index (χ2v) is 4.36. The Balaban J connectivity index is 1.94. The Morgan fingerprint density at radius 1 is 1.36 bits per heavy atom. The number of anilines is 1. The molecule has 74 valence electrons.